The van der Waals surface area contributed by atoms with Gasteiger partial charge < -0.3 is 4.74 Å². The summed E-state index contributed by atoms with van der Waals surface area (Å²) < 4.78 is 7.28. The first-order chi connectivity index (χ1) is 17.7. The number of hydrogen-bond acceptors (Lipinski definition) is 5. The quantitative estimate of drug-likeness (QED) is 0.219. The van der Waals surface area contributed by atoms with E-state index in [0.29, 0.717) is 0 Å². The predicted octanol–water partition coefficient (Wildman–Crippen LogP) is 5.96. The first-order valence-corrected chi connectivity index (χ1v) is 12.7. The number of para-hydroxylation sites is 1. The van der Waals surface area contributed by atoms with Crippen molar-refractivity contribution in [3.63, 3.8) is 0 Å². The summed E-state index contributed by atoms with van der Waals surface area (Å²) in [5, 5.41) is 5.71. The summed E-state index contributed by atoms with van der Waals surface area (Å²) in [7, 11) is 0. The second kappa shape index (κ2) is 11.4. The largest absolute Gasteiger partial charge is 0.379 e. The summed E-state index contributed by atoms with van der Waals surface area (Å²) >= 11 is 0. The molecule has 0 unspecified atom stereocenters. The van der Waals surface area contributed by atoms with E-state index in [1.807, 2.05) is 60.5 Å². The van der Waals surface area contributed by atoms with Crippen molar-refractivity contribution in [2.75, 3.05) is 32.8 Å². The highest BCUT2D eigenvalue weighted by molar-refractivity contribution is 5.97. The van der Waals surface area contributed by atoms with Crippen LogP contribution in [0.2, 0.25) is 0 Å². The standard InChI is InChI=1S/C30H33N5O/c1-3-24(12-11-23(2)8-6-7-15-34-16-18-36-19-17-34)25-20-32-30-28(21-33-35(30)22-25)26-13-14-31-29-10-5-4-9-27(26)29/h3-5,9-14,20-22H,2,6-8,15-19H2,1H3. The lowest BCUT2D eigenvalue weighted by Crippen LogP contribution is -2.36. The lowest BCUT2D eigenvalue weighted by Gasteiger charge is -2.26. The van der Waals surface area contributed by atoms with Crippen LogP contribution >= 0.6 is 0 Å². The number of ether oxygens (including phenoxy) is 1. The van der Waals surface area contributed by atoms with E-state index in [4.69, 9.17) is 9.72 Å². The molecule has 0 radical (unpaired) electrons. The minimum atomic E-state index is 0.833. The Balaban J connectivity index is 1.25. The van der Waals surface area contributed by atoms with E-state index < -0.39 is 0 Å². The molecule has 0 spiro atoms. The van der Waals surface area contributed by atoms with Crippen molar-refractivity contribution in [3.05, 3.63) is 91.1 Å². The lowest BCUT2D eigenvalue weighted by molar-refractivity contribution is 0.0372. The average Bonchev–Trinajstić information content (AvgIpc) is 3.35. The maximum atomic E-state index is 5.42. The van der Waals surface area contributed by atoms with Crippen molar-refractivity contribution < 1.29 is 4.74 Å². The first-order valence-electron chi connectivity index (χ1n) is 12.7. The molecule has 1 saturated heterocycles. The Labute approximate surface area is 212 Å². The topological polar surface area (TPSA) is 55.5 Å². The molecular weight excluding hydrogens is 446 g/mol. The van der Waals surface area contributed by atoms with E-state index in [1.165, 1.54) is 6.42 Å². The van der Waals surface area contributed by atoms with Gasteiger partial charge in [-0.3, -0.25) is 9.88 Å². The molecule has 1 aliphatic heterocycles. The van der Waals surface area contributed by atoms with Crippen LogP contribution in [0.5, 0.6) is 0 Å². The molecule has 6 nitrogen and oxygen atoms in total. The van der Waals surface area contributed by atoms with Gasteiger partial charge in [0.15, 0.2) is 5.65 Å². The number of nitrogens with zero attached hydrogens (tertiary/aromatic N) is 5. The average molecular weight is 480 g/mol. The smallest absolute Gasteiger partial charge is 0.162 e. The summed E-state index contributed by atoms with van der Waals surface area (Å²) in [5.74, 6) is 0. The SMILES string of the molecule is C=C(C=CC(=CC)c1cnc2c(-c3ccnc4ccccc34)cnn2c1)CCCCN1CCOCC1. The Morgan fingerprint density at radius 2 is 1.89 bits per heavy atom. The molecule has 1 aliphatic rings. The Kier molecular flexibility index (Phi) is 7.64. The second-order valence-corrected chi connectivity index (χ2v) is 9.19. The zero-order chi connectivity index (χ0) is 24.7. The summed E-state index contributed by atoms with van der Waals surface area (Å²) in [6.45, 7) is 11.3. The van der Waals surface area contributed by atoms with Gasteiger partial charge in [-0.15, -0.1) is 0 Å². The van der Waals surface area contributed by atoms with Crippen LogP contribution < -0.4 is 0 Å². The fourth-order valence-corrected chi connectivity index (χ4v) is 4.71. The Hall–Kier alpha value is -3.61. The fourth-order valence-electron chi connectivity index (χ4n) is 4.71. The summed E-state index contributed by atoms with van der Waals surface area (Å²) in [4.78, 5) is 11.8. The molecule has 0 amide bonds. The number of benzene rings is 1. The molecule has 184 valence electrons. The van der Waals surface area contributed by atoms with Gasteiger partial charge in [-0.25, -0.2) is 9.50 Å². The molecule has 0 aliphatic carbocycles. The molecule has 1 aromatic carbocycles. The number of pyridine rings is 1. The summed E-state index contributed by atoms with van der Waals surface area (Å²) in [6.07, 6.45) is 17.4. The molecule has 36 heavy (non-hydrogen) atoms. The van der Waals surface area contributed by atoms with Crippen LogP contribution in [-0.2, 0) is 4.74 Å². The lowest BCUT2D eigenvalue weighted by atomic mass is 10.0. The van der Waals surface area contributed by atoms with Crippen LogP contribution in [0.4, 0.5) is 0 Å². The van der Waals surface area contributed by atoms with Gasteiger partial charge in [0.05, 0.1) is 24.9 Å². The van der Waals surface area contributed by atoms with Gasteiger partial charge >= 0.3 is 0 Å². The fraction of sp³-hybridized carbons (Fsp3) is 0.300. The van der Waals surface area contributed by atoms with Gasteiger partial charge in [0.2, 0.25) is 0 Å². The molecule has 0 N–H and O–H groups in total. The van der Waals surface area contributed by atoms with Crippen molar-refractivity contribution in [2.45, 2.75) is 26.2 Å². The number of morpholine rings is 1. The van der Waals surface area contributed by atoms with Crippen molar-refractivity contribution in [1.29, 1.82) is 0 Å². The maximum Gasteiger partial charge on any atom is 0.162 e. The van der Waals surface area contributed by atoms with E-state index in [0.717, 1.165) is 90.1 Å². The second-order valence-electron chi connectivity index (χ2n) is 9.19. The van der Waals surface area contributed by atoms with E-state index in [-0.39, 0.29) is 0 Å². The minimum Gasteiger partial charge on any atom is -0.379 e. The van der Waals surface area contributed by atoms with Crippen LogP contribution in [0.1, 0.15) is 31.7 Å². The molecule has 0 bridgehead atoms. The third-order valence-electron chi connectivity index (χ3n) is 6.76. The Morgan fingerprint density at radius 3 is 2.75 bits per heavy atom. The van der Waals surface area contributed by atoms with Crippen molar-refractivity contribution >= 4 is 22.1 Å². The van der Waals surface area contributed by atoms with Gasteiger partial charge in [0.25, 0.3) is 0 Å². The Bertz CT molecular complexity index is 1410. The van der Waals surface area contributed by atoms with Gasteiger partial charge in [-0.05, 0) is 56.0 Å². The van der Waals surface area contributed by atoms with Gasteiger partial charge in [-0.1, -0.05) is 48.6 Å². The minimum absolute atomic E-state index is 0.833. The molecule has 1 fully saturated rings. The highest BCUT2D eigenvalue weighted by Gasteiger charge is 2.13. The molecule has 3 aromatic heterocycles. The van der Waals surface area contributed by atoms with Gasteiger partial charge in [0.1, 0.15) is 0 Å². The highest BCUT2D eigenvalue weighted by atomic mass is 16.5. The number of aromatic nitrogens is 4. The summed E-state index contributed by atoms with van der Waals surface area (Å²) in [6, 6.07) is 10.2. The number of fused-ring (bicyclic) bond motifs is 2. The molecule has 6 heteroatoms. The normalized spacial score (nSPS) is 15.3. The number of allylic oxidation sites excluding steroid dienone is 5. The molecule has 4 heterocycles. The highest BCUT2D eigenvalue weighted by Crippen LogP contribution is 2.30. The predicted molar refractivity (Wildman–Crippen MR) is 147 cm³/mol. The third-order valence-corrected chi connectivity index (χ3v) is 6.76. The van der Waals surface area contributed by atoms with E-state index >= 15 is 0 Å². The summed E-state index contributed by atoms with van der Waals surface area (Å²) in [5.41, 5.74) is 7.17. The van der Waals surface area contributed by atoms with Crippen LogP contribution in [0.25, 0.3) is 33.3 Å². The van der Waals surface area contributed by atoms with Gasteiger partial charge in [0, 0.05) is 48.2 Å². The monoisotopic (exact) mass is 479 g/mol. The van der Waals surface area contributed by atoms with Crippen LogP contribution in [0.3, 0.4) is 0 Å². The zero-order valence-corrected chi connectivity index (χ0v) is 20.9. The first kappa shape index (κ1) is 24.1. The molecule has 0 atom stereocenters. The van der Waals surface area contributed by atoms with Crippen LogP contribution in [0, 0.1) is 0 Å². The Morgan fingerprint density at radius 1 is 1.03 bits per heavy atom. The zero-order valence-electron chi connectivity index (χ0n) is 20.9. The molecule has 5 rings (SSSR count). The van der Waals surface area contributed by atoms with Gasteiger partial charge in [-0.2, -0.15) is 5.10 Å². The maximum absolute atomic E-state index is 5.42. The van der Waals surface area contributed by atoms with E-state index in [2.05, 4.69) is 45.9 Å². The number of unbranched alkanes of at least 4 members (excludes halogenated alkanes) is 1. The van der Waals surface area contributed by atoms with Crippen molar-refractivity contribution in [1.82, 2.24) is 24.5 Å². The van der Waals surface area contributed by atoms with E-state index in [9.17, 15) is 0 Å². The molecule has 4 aromatic rings. The number of hydrogen-bond donors (Lipinski definition) is 0. The van der Waals surface area contributed by atoms with Crippen LogP contribution in [-0.4, -0.2) is 57.3 Å². The molecule has 0 saturated carbocycles. The van der Waals surface area contributed by atoms with Crippen molar-refractivity contribution in [3.8, 4) is 11.1 Å². The number of rotatable bonds is 9. The molecular formula is C30H33N5O. The van der Waals surface area contributed by atoms with Crippen molar-refractivity contribution in [2.24, 2.45) is 0 Å². The van der Waals surface area contributed by atoms with Crippen LogP contribution in [0.15, 0.2) is 85.5 Å². The van der Waals surface area contributed by atoms with E-state index in [1.54, 1.807) is 0 Å². The third kappa shape index (κ3) is 5.45.